The number of hydrogen-bond donors (Lipinski definition) is 1. The Bertz CT molecular complexity index is 861. The lowest BCUT2D eigenvalue weighted by Gasteiger charge is -2.13. The summed E-state index contributed by atoms with van der Waals surface area (Å²) in [5.41, 5.74) is 1.15. The molecule has 1 aromatic carbocycles. The highest BCUT2D eigenvalue weighted by atomic mass is 35.5. The predicted molar refractivity (Wildman–Crippen MR) is 92.4 cm³/mol. The number of imidazole rings is 1. The van der Waals surface area contributed by atoms with Gasteiger partial charge in [-0.25, -0.2) is 4.98 Å². The van der Waals surface area contributed by atoms with E-state index < -0.39 is 18.0 Å². The van der Waals surface area contributed by atoms with Crippen molar-refractivity contribution in [3.8, 4) is 0 Å². The van der Waals surface area contributed by atoms with Crippen LogP contribution in [-0.4, -0.2) is 27.4 Å². The molecule has 0 bridgehead atoms. The van der Waals surface area contributed by atoms with Gasteiger partial charge in [-0.15, -0.1) is 11.3 Å². The molecule has 0 fully saturated rings. The molecule has 124 valence electrons. The summed E-state index contributed by atoms with van der Waals surface area (Å²) in [6, 6.07) is 6.75. The highest BCUT2D eigenvalue weighted by Gasteiger charge is 2.19. The minimum Gasteiger partial charge on any atom is -0.452 e. The number of carbonyl (C=O) groups excluding carboxylic acids is 2. The van der Waals surface area contributed by atoms with Gasteiger partial charge in [0.05, 0.1) is 12.1 Å². The lowest BCUT2D eigenvalue weighted by molar-refractivity contribution is -0.152. The Labute approximate surface area is 147 Å². The minimum atomic E-state index is -0.916. The zero-order chi connectivity index (χ0) is 17.1. The summed E-state index contributed by atoms with van der Waals surface area (Å²) in [7, 11) is 0. The quantitative estimate of drug-likeness (QED) is 0.707. The second-order valence-electron chi connectivity index (χ2n) is 5.13. The predicted octanol–water partition coefficient (Wildman–Crippen LogP) is 3.16. The van der Waals surface area contributed by atoms with Crippen molar-refractivity contribution in [3.05, 3.63) is 52.8 Å². The maximum absolute atomic E-state index is 12.1. The van der Waals surface area contributed by atoms with Gasteiger partial charge in [-0.3, -0.25) is 14.0 Å². The molecule has 0 aliphatic rings. The summed E-state index contributed by atoms with van der Waals surface area (Å²) in [6.07, 6.45) is 2.73. The van der Waals surface area contributed by atoms with Crippen molar-refractivity contribution in [3.63, 3.8) is 0 Å². The van der Waals surface area contributed by atoms with E-state index in [-0.39, 0.29) is 6.42 Å². The molecule has 8 heteroatoms. The first-order chi connectivity index (χ1) is 11.5. The van der Waals surface area contributed by atoms with Crippen molar-refractivity contribution < 1.29 is 14.3 Å². The van der Waals surface area contributed by atoms with Gasteiger partial charge in [0.25, 0.3) is 5.91 Å². The molecule has 2 aromatic heterocycles. The molecule has 1 amide bonds. The fourth-order valence-electron chi connectivity index (χ4n) is 2.11. The van der Waals surface area contributed by atoms with Gasteiger partial charge >= 0.3 is 5.97 Å². The monoisotopic (exact) mass is 363 g/mol. The maximum atomic E-state index is 12.1. The third-order valence-electron chi connectivity index (χ3n) is 3.24. The molecule has 0 saturated heterocycles. The Morgan fingerprint density at radius 1 is 1.46 bits per heavy atom. The molecule has 0 spiro atoms. The summed E-state index contributed by atoms with van der Waals surface area (Å²) < 4.78 is 7.00. The van der Waals surface area contributed by atoms with Gasteiger partial charge in [0.1, 0.15) is 0 Å². The van der Waals surface area contributed by atoms with Gasteiger partial charge in [0.2, 0.25) is 0 Å². The van der Waals surface area contributed by atoms with Crippen LogP contribution in [0.4, 0.5) is 5.69 Å². The van der Waals surface area contributed by atoms with Crippen LogP contribution in [0.25, 0.3) is 4.96 Å². The Morgan fingerprint density at radius 3 is 3.04 bits per heavy atom. The Morgan fingerprint density at radius 2 is 2.29 bits per heavy atom. The molecule has 3 rings (SSSR count). The standard InChI is InChI=1S/C16H14ClN3O3S/c1-10(15(22)18-12-4-2-3-11(17)7-12)23-14(21)8-13-9-20-5-6-24-16(20)19-13/h2-7,9-10H,8H2,1H3,(H,18,22)/t10-/m1/s1. The van der Waals surface area contributed by atoms with Gasteiger partial charge in [0, 0.05) is 28.5 Å². The number of aromatic nitrogens is 2. The van der Waals surface area contributed by atoms with E-state index in [2.05, 4.69) is 10.3 Å². The number of hydrogen-bond acceptors (Lipinski definition) is 5. The van der Waals surface area contributed by atoms with Crippen LogP contribution in [-0.2, 0) is 20.7 Å². The molecular weight excluding hydrogens is 350 g/mol. The van der Waals surface area contributed by atoms with E-state index in [4.69, 9.17) is 16.3 Å². The van der Waals surface area contributed by atoms with E-state index in [1.807, 2.05) is 16.0 Å². The third kappa shape index (κ3) is 3.93. The number of nitrogens with zero attached hydrogens (tertiary/aromatic N) is 2. The normalized spacial score (nSPS) is 12.1. The SMILES string of the molecule is C[C@@H](OC(=O)Cc1cn2ccsc2n1)C(=O)Nc1cccc(Cl)c1. The number of thiazole rings is 1. The first kappa shape index (κ1) is 16.5. The average Bonchev–Trinajstić information content (AvgIpc) is 3.08. The van der Waals surface area contributed by atoms with Crippen molar-refractivity contribution in [1.82, 2.24) is 9.38 Å². The highest BCUT2D eigenvalue weighted by Crippen LogP contribution is 2.16. The number of esters is 1. The number of anilines is 1. The molecule has 1 atom stereocenters. The smallest absolute Gasteiger partial charge is 0.312 e. The van der Waals surface area contributed by atoms with Crippen LogP contribution >= 0.6 is 22.9 Å². The second-order valence-corrected chi connectivity index (χ2v) is 6.44. The first-order valence-electron chi connectivity index (χ1n) is 7.18. The number of benzene rings is 1. The van der Waals surface area contributed by atoms with Crippen LogP contribution < -0.4 is 5.32 Å². The molecule has 3 aromatic rings. The molecule has 0 radical (unpaired) electrons. The Kier molecular flexibility index (Phi) is 4.82. The van der Waals surface area contributed by atoms with Crippen LogP contribution in [0.2, 0.25) is 5.02 Å². The van der Waals surface area contributed by atoms with Gasteiger partial charge in [-0.05, 0) is 25.1 Å². The molecule has 2 heterocycles. The fourth-order valence-corrected chi connectivity index (χ4v) is 3.02. The van der Waals surface area contributed by atoms with Crippen LogP contribution in [0, 0.1) is 0 Å². The van der Waals surface area contributed by atoms with Crippen molar-refractivity contribution in [2.75, 3.05) is 5.32 Å². The zero-order valence-electron chi connectivity index (χ0n) is 12.7. The van der Waals surface area contributed by atoms with E-state index in [0.717, 1.165) is 4.96 Å². The Balaban J connectivity index is 1.55. The van der Waals surface area contributed by atoms with E-state index in [0.29, 0.717) is 16.4 Å². The zero-order valence-corrected chi connectivity index (χ0v) is 14.3. The largest absolute Gasteiger partial charge is 0.452 e. The lowest BCUT2D eigenvalue weighted by Crippen LogP contribution is -2.30. The van der Waals surface area contributed by atoms with Crippen LogP contribution in [0.15, 0.2) is 42.0 Å². The first-order valence-corrected chi connectivity index (χ1v) is 8.44. The minimum absolute atomic E-state index is 0.0170. The lowest BCUT2D eigenvalue weighted by atomic mass is 10.3. The second kappa shape index (κ2) is 7.02. The molecule has 24 heavy (non-hydrogen) atoms. The van der Waals surface area contributed by atoms with Gasteiger partial charge in [0.15, 0.2) is 11.1 Å². The summed E-state index contributed by atoms with van der Waals surface area (Å²) in [5.74, 6) is -0.925. The molecule has 0 unspecified atom stereocenters. The summed E-state index contributed by atoms with van der Waals surface area (Å²) in [4.78, 5) is 29.1. The highest BCUT2D eigenvalue weighted by molar-refractivity contribution is 7.15. The number of amides is 1. The number of carbonyl (C=O) groups is 2. The fraction of sp³-hybridized carbons (Fsp3) is 0.188. The molecule has 0 aliphatic carbocycles. The topological polar surface area (TPSA) is 72.7 Å². The molecular formula is C16H14ClN3O3S. The number of ether oxygens (including phenoxy) is 1. The summed E-state index contributed by atoms with van der Waals surface area (Å²) in [5, 5.41) is 5.07. The van der Waals surface area contributed by atoms with E-state index in [1.165, 1.54) is 18.3 Å². The average molecular weight is 364 g/mol. The van der Waals surface area contributed by atoms with E-state index >= 15 is 0 Å². The van der Waals surface area contributed by atoms with E-state index in [1.54, 1.807) is 30.5 Å². The summed E-state index contributed by atoms with van der Waals surface area (Å²) >= 11 is 7.34. The molecule has 0 saturated carbocycles. The number of nitrogens with one attached hydrogen (secondary N) is 1. The number of fused-ring (bicyclic) bond motifs is 1. The molecule has 0 aliphatic heterocycles. The number of rotatable bonds is 5. The third-order valence-corrected chi connectivity index (χ3v) is 4.24. The van der Waals surface area contributed by atoms with Gasteiger partial charge < -0.3 is 10.1 Å². The van der Waals surface area contributed by atoms with Crippen LogP contribution in [0.5, 0.6) is 0 Å². The van der Waals surface area contributed by atoms with Crippen LogP contribution in [0.3, 0.4) is 0 Å². The molecule has 6 nitrogen and oxygen atoms in total. The number of halogens is 1. The van der Waals surface area contributed by atoms with E-state index in [9.17, 15) is 9.59 Å². The van der Waals surface area contributed by atoms with Crippen molar-refractivity contribution >= 4 is 45.5 Å². The molecule has 1 N–H and O–H groups in total. The van der Waals surface area contributed by atoms with Gasteiger partial charge in [-0.1, -0.05) is 17.7 Å². The maximum Gasteiger partial charge on any atom is 0.312 e. The van der Waals surface area contributed by atoms with Crippen LogP contribution in [0.1, 0.15) is 12.6 Å². The van der Waals surface area contributed by atoms with Gasteiger partial charge in [-0.2, -0.15) is 0 Å². The van der Waals surface area contributed by atoms with Crippen molar-refractivity contribution in [2.45, 2.75) is 19.4 Å². The van der Waals surface area contributed by atoms with Crippen molar-refractivity contribution in [2.24, 2.45) is 0 Å². The Hall–Kier alpha value is -2.38. The van der Waals surface area contributed by atoms with Crippen molar-refractivity contribution in [1.29, 1.82) is 0 Å². The summed E-state index contributed by atoms with van der Waals surface area (Å²) in [6.45, 7) is 1.52.